The minimum Gasteiger partial charge on any atom is -0.288 e. The Balaban J connectivity index is 2.64. The fraction of sp³-hybridized carbons (Fsp3) is 0. The number of rotatable bonds is 2. The molecule has 0 aromatic heterocycles. The third-order valence-electron chi connectivity index (χ3n) is 2.53. The standard InChI is InChI=1S/C13H4BrClF4O/c14-6-1-2-8(16)11(12(6)19)13(20)5-3-10(18)7(15)4-9(5)17/h1-4H. The number of hydrogen-bond donors (Lipinski definition) is 0. The van der Waals surface area contributed by atoms with Crippen LogP contribution in [0.1, 0.15) is 15.9 Å². The number of halogens is 6. The molecule has 0 amide bonds. The Kier molecular flexibility index (Phi) is 4.15. The second-order valence-corrected chi connectivity index (χ2v) is 5.06. The van der Waals surface area contributed by atoms with Gasteiger partial charge in [0.25, 0.3) is 0 Å². The van der Waals surface area contributed by atoms with Crippen molar-refractivity contribution in [3.05, 3.63) is 68.2 Å². The normalized spacial score (nSPS) is 10.7. The van der Waals surface area contributed by atoms with Crippen molar-refractivity contribution in [1.82, 2.24) is 0 Å². The van der Waals surface area contributed by atoms with E-state index >= 15 is 0 Å². The zero-order valence-electron chi connectivity index (χ0n) is 9.49. The quantitative estimate of drug-likeness (QED) is 0.420. The van der Waals surface area contributed by atoms with Crippen LogP contribution in [0.3, 0.4) is 0 Å². The van der Waals surface area contributed by atoms with Gasteiger partial charge in [-0.3, -0.25) is 4.79 Å². The van der Waals surface area contributed by atoms with Gasteiger partial charge in [-0.2, -0.15) is 0 Å². The van der Waals surface area contributed by atoms with Crippen LogP contribution in [0, 0.1) is 23.3 Å². The Morgan fingerprint density at radius 1 is 1.00 bits per heavy atom. The van der Waals surface area contributed by atoms with Crippen LogP contribution in [0.2, 0.25) is 5.02 Å². The molecule has 0 aliphatic heterocycles. The van der Waals surface area contributed by atoms with Gasteiger partial charge in [0.2, 0.25) is 5.78 Å². The van der Waals surface area contributed by atoms with E-state index in [2.05, 4.69) is 15.9 Å². The van der Waals surface area contributed by atoms with Crippen molar-refractivity contribution in [1.29, 1.82) is 0 Å². The predicted molar refractivity (Wildman–Crippen MR) is 68.9 cm³/mol. The third kappa shape index (κ3) is 2.58. The molecule has 104 valence electrons. The molecular weight excluding hydrogens is 363 g/mol. The number of hydrogen-bond acceptors (Lipinski definition) is 1. The minimum absolute atomic E-state index is 0.169. The Morgan fingerprint density at radius 3 is 2.30 bits per heavy atom. The molecule has 0 heterocycles. The second kappa shape index (κ2) is 5.54. The summed E-state index contributed by atoms with van der Waals surface area (Å²) in [6, 6.07) is 2.96. The molecule has 0 saturated carbocycles. The number of benzene rings is 2. The minimum atomic E-state index is -1.31. The van der Waals surface area contributed by atoms with Gasteiger partial charge < -0.3 is 0 Å². The second-order valence-electron chi connectivity index (χ2n) is 3.79. The lowest BCUT2D eigenvalue weighted by Crippen LogP contribution is -2.10. The molecule has 0 unspecified atom stereocenters. The lowest BCUT2D eigenvalue weighted by atomic mass is 10.0. The molecule has 0 spiro atoms. The summed E-state index contributed by atoms with van der Waals surface area (Å²) in [5, 5.41) is -0.533. The molecule has 0 aliphatic rings. The summed E-state index contributed by atoms with van der Waals surface area (Å²) in [5.41, 5.74) is -1.78. The van der Waals surface area contributed by atoms with Crippen molar-refractivity contribution < 1.29 is 22.4 Å². The van der Waals surface area contributed by atoms with Crippen molar-refractivity contribution in [3.63, 3.8) is 0 Å². The van der Waals surface area contributed by atoms with Crippen LogP contribution in [-0.4, -0.2) is 5.78 Å². The van der Waals surface area contributed by atoms with Crippen molar-refractivity contribution in [3.8, 4) is 0 Å². The van der Waals surface area contributed by atoms with E-state index in [1.807, 2.05) is 0 Å². The summed E-state index contributed by atoms with van der Waals surface area (Å²) in [4.78, 5) is 12.0. The van der Waals surface area contributed by atoms with Gasteiger partial charge in [0, 0.05) is 0 Å². The molecule has 0 fully saturated rings. The Morgan fingerprint density at radius 2 is 1.65 bits per heavy atom. The lowest BCUT2D eigenvalue weighted by molar-refractivity contribution is 0.102. The van der Waals surface area contributed by atoms with Crippen LogP contribution in [-0.2, 0) is 0 Å². The fourth-order valence-electron chi connectivity index (χ4n) is 1.57. The first kappa shape index (κ1) is 15.0. The molecule has 0 radical (unpaired) electrons. The maximum Gasteiger partial charge on any atom is 0.202 e. The van der Waals surface area contributed by atoms with E-state index in [1.165, 1.54) is 0 Å². The molecule has 2 rings (SSSR count). The molecule has 20 heavy (non-hydrogen) atoms. The average molecular weight is 368 g/mol. The summed E-state index contributed by atoms with van der Waals surface area (Å²) in [6.45, 7) is 0. The first-order valence-corrected chi connectivity index (χ1v) is 6.32. The summed E-state index contributed by atoms with van der Waals surface area (Å²) in [6.07, 6.45) is 0. The highest BCUT2D eigenvalue weighted by atomic mass is 79.9. The first-order valence-electron chi connectivity index (χ1n) is 5.15. The summed E-state index contributed by atoms with van der Waals surface area (Å²) in [5.74, 6) is -5.91. The molecule has 0 aliphatic carbocycles. The van der Waals surface area contributed by atoms with Gasteiger partial charge in [-0.1, -0.05) is 11.6 Å². The van der Waals surface area contributed by atoms with Gasteiger partial charge in [-0.05, 0) is 40.2 Å². The highest BCUT2D eigenvalue weighted by molar-refractivity contribution is 9.10. The predicted octanol–water partition coefficient (Wildman–Crippen LogP) is 4.89. The number of carbonyl (C=O) groups excluding carboxylic acids is 1. The maximum atomic E-state index is 13.8. The SMILES string of the molecule is O=C(c1cc(F)c(Cl)cc1F)c1c(F)ccc(Br)c1F. The summed E-state index contributed by atoms with van der Waals surface area (Å²) in [7, 11) is 0. The molecule has 0 atom stereocenters. The van der Waals surface area contributed by atoms with Crippen LogP contribution < -0.4 is 0 Å². The number of carbonyl (C=O) groups is 1. The molecule has 2 aromatic carbocycles. The fourth-order valence-corrected chi connectivity index (χ4v) is 2.05. The number of ketones is 1. The molecular formula is C13H4BrClF4O. The summed E-state index contributed by atoms with van der Waals surface area (Å²) >= 11 is 8.13. The van der Waals surface area contributed by atoms with Crippen LogP contribution >= 0.6 is 27.5 Å². The van der Waals surface area contributed by atoms with E-state index in [0.717, 1.165) is 12.1 Å². The maximum absolute atomic E-state index is 13.8. The average Bonchev–Trinajstić information content (AvgIpc) is 2.38. The molecule has 2 aromatic rings. The Bertz CT molecular complexity index is 718. The van der Waals surface area contributed by atoms with Crippen LogP contribution in [0.5, 0.6) is 0 Å². The van der Waals surface area contributed by atoms with E-state index in [0.29, 0.717) is 12.1 Å². The lowest BCUT2D eigenvalue weighted by Gasteiger charge is -2.07. The van der Waals surface area contributed by atoms with Crippen LogP contribution in [0.15, 0.2) is 28.7 Å². The van der Waals surface area contributed by atoms with E-state index in [9.17, 15) is 22.4 Å². The van der Waals surface area contributed by atoms with Crippen molar-refractivity contribution in [2.75, 3.05) is 0 Å². The molecule has 0 N–H and O–H groups in total. The Labute approximate surface area is 124 Å². The zero-order chi connectivity index (χ0) is 15.0. The van der Waals surface area contributed by atoms with Gasteiger partial charge in [-0.15, -0.1) is 0 Å². The highest BCUT2D eigenvalue weighted by Crippen LogP contribution is 2.26. The monoisotopic (exact) mass is 366 g/mol. The molecule has 1 nitrogen and oxygen atoms in total. The van der Waals surface area contributed by atoms with E-state index in [-0.39, 0.29) is 4.47 Å². The van der Waals surface area contributed by atoms with Gasteiger partial charge in [-0.25, -0.2) is 17.6 Å². The van der Waals surface area contributed by atoms with Crippen molar-refractivity contribution in [2.45, 2.75) is 0 Å². The highest BCUT2D eigenvalue weighted by Gasteiger charge is 2.24. The third-order valence-corrected chi connectivity index (χ3v) is 3.43. The van der Waals surface area contributed by atoms with Crippen LogP contribution in [0.4, 0.5) is 17.6 Å². The first-order chi connectivity index (χ1) is 9.32. The van der Waals surface area contributed by atoms with Gasteiger partial charge in [0.15, 0.2) is 5.82 Å². The van der Waals surface area contributed by atoms with E-state index in [1.54, 1.807) is 0 Å². The largest absolute Gasteiger partial charge is 0.288 e. The molecule has 0 saturated heterocycles. The zero-order valence-corrected chi connectivity index (χ0v) is 11.8. The smallest absolute Gasteiger partial charge is 0.202 e. The molecule has 7 heteroatoms. The van der Waals surface area contributed by atoms with Crippen molar-refractivity contribution >= 4 is 33.3 Å². The van der Waals surface area contributed by atoms with Gasteiger partial charge >= 0.3 is 0 Å². The van der Waals surface area contributed by atoms with Crippen LogP contribution in [0.25, 0.3) is 0 Å². The van der Waals surface area contributed by atoms with Crippen molar-refractivity contribution in [2.24, 2.45) is 0 Å². The Hall–Kier alpha value is -1.40. The summed E-state index contributed by atoms with van der Waals surface area (Å²) < 4.78 is 54.0. The topological polar surface area (TPSA) is 17.1 Å². The van der Waals surface area contributed by atoms with Gasteiger partial charge in [0.05, 0.1) is 20.6 Å². The van der Waals surface area contributed by atoms with E-state index < -0.39 is 45.2 Å². The molecule has 0 bridgehead atoms. The van der Waals surface area contributed by atoms with Gasteiger partial charge in [0.1, 0.15) is 17.5 Å². The van der Waals surface area contributed by atoms with E-state index in [4.69, 9.17) is 11.6 Å².